The van der Waals surface area contributed by atoms with Crippen molar-refractivity contribution < 1.29 is 0 Å². The molecule has 0 N–H and O–H groups in total. The van der Waals surface area contributed by atoms with Gasteiger partial charge in [-0.1, -0.05) is 55.2 Å². The van der Waals surface area contributed by atoms with Crippen molar-refractivity contribution in [1.82, 2.24) is 0 Å². The first-order valence-electron chi connectivity index (χ1n) is 3.97. The monoisotopic (exact) mass is 160 g/mol. The highest BCUT2D eigenvalue weighted by molar-refractivity contribution is 5.33. The van der Waals surface area contributed by atoms with E-state index in [0.717, 1.165) is 5.57 Å². The van der Waals surface area contributed by atoms with Crippen LogP contribution >= 0.6 is 0 Å². The van der Waals surface area contributed by atoms with Gasteiger partial charge < -0.3 is 0 Å². The van der Waals surface area contributed by atoms with Crippen LogP contribution in [0.2, 0.25) is 0 Å². The topological polar surface area (TPSA) is 0 Å². The van der Waals surface area contributed by atoms with E-state index >= 15 is 0 Å². The van der Waals surface area contributed by atoms with E-state index < -0.39 is 0 Å². The van der Waals surface area contributed by atoms with Crippen LogP contribution in [0.3, 0.4) is 0 Å². The normalized spacial score (nSPS) is 11.3. The van der Waals surface area contributed by atoms with Crippen molar-refractivity contribution in [2.45, 2.75) is 13.8 Å². The van der Waals surface area contributed by atoms with Gasteiger partial charge in [0, 0.05) is 0 Å². The standard InChI is InChI=1S/C12H16/c1-5-8-12(6-2)10-7-9-11(3)4/h5-10H,1-2H2,3-4H3/b10-7-,12-8+. The lowest BCUT2D eigenvalue weighted by molar-refractivity contribution is 1.39. The molecule has 0 aromatic heterocycles. The van der Waals surface area contributed by atoms with E-state index in [0.29, 0.717) is 0 Å². The van der Waals surface area contributed by atoms with Crippen molar-refractivity contribution >= 4 is 0 Å². The fourth-order valence-electron chi connectivity index (χ4n) is 0.679. The predicted octanol–water partition coefficient (Wildman–Crippen LogP) is 3.81. The van der Waals surface area contributed by atoms with Gasteiger partial charge in [-0.05, 0) is 19.4 Å². The Morgan fingerprint density at radius 3 is 2.17 bits per heavy atom. The highest BCUT2D eigenvalue weighted by Crippen LogP contribution is 1.99. The summed E-state index contributed by atoms with van der Waals surface area (Å²) in [5, 5.41) is 0. The lowest BCUT2D eigenvalue weighted by Gasteiger charge is -1.88. The molecule has 0 aliphatic heterocycles. The molecule has 0 heterocycles. The Morgan fingerprint density at radius 1 is 1.08 bits per heavy atom. The van der Waals surface area contributed by atoms with E-state index in [9.17, 15) is 0 Å². The van der Waals surface area contributed by atoms with Crippen LogP contribution in [-0.4, -0.2) is 0 Å². The number of rotatable bonds is 4. The zero-order chi connectivity index (χ0) is 9.40. The second-order valence-electron chi connectivity index (χ2n) is 2.71. The van der Waals surface area contributed by atoms with Crippen LogP contribution < -0.4 is 0 Å². The molecular weight excluding hydrogens is 144 g/mol. The van der Waals surface area contributed by atoms with Crippen LogP contribution in [0.25, 0.3) is 0 Å². The van der Waals surface area contributed by atoms with E-state index in [2.05, 4.69) is 33.1 Å². The van der Waals surface area contributed by atoms with Gasteiger partial charge in [0.15, 0.2) is 0 Å². The van der Waals surface area contributed by atoms with Crippen molar-refractivity contribution in [3.63, 3.8) is 0 Å². The van der Waals surface area contributed by atoms with Crippen LogP contribution in [0.15, 0.2) is 60.8 Å². The molecule has 64 valence electrons. The van der Waals surface area contributed by atoms with E-state index in [1.165, 1.54) is 5.57 Å². The highest BCUT2D eigenvalue weighted by Gasteiger charge is 1.78. The summed E-state index contributed by atoms with van der Waals surface area (Å²) < 4.78 is 0. The molecule has 12 heavy (non-hydrogen) atoms. The van der Waals surface area contributed by atoms with Crippen molar-refractivity contribution in [2.75, 3.05) is 0 Å². The second kappa shape index (κ2) is 6.41. The molecule has 0 saturated heterocycles. The number of hydrogen-bond donors (Lipinski definition) is 0. The van der Waals surface area contributed by atoms with Crippen LogP contribution in [0.5, 0.6) is 0 Å². The average molecular weight is 160 g/mol. The van der Waals surface area contributed by atoms with Crippen LogP contribution in [0.4, 0.5) is 0 Å². The molecule has 0 aromatic carbocycles. The molecule has 0 saturated carbocycles. The lowest BCUT2D eigenvalue weighted by atomic mass is 10.2. The Kier molecular flexibility index (Phi) is 5.72. The molecule has 0 bridgehead atoms. The van der Waals surface area contributed by atoms with E-state index in [1.807, 2.05) is 18.2 Å². The minimum absolute atomic E-state index is 1.07. The van der Waals surface area contributed by atoms with Gasteiger partial charge in [-0.15, -0.1) is 0 Å². The molecule has 0 aromatic rings. The summed E-state index contributed by atoms with van der Waals surface area (Å²) in [6.07, 6.45) is 11.5. The molecule has 0 nitrogen and oxygen atoms in total. The third-order valence-electron chi connectivity index (χ3n) is 1.26. The first-order chi connectivity index (χ1) is 5.70. The molecule has 0 aliphatic carbocycles. The maximum Gasteiger partial charge on any atom is -0.0263 e. The smallest absolute Gasteiger partial charge is 0.0263 e. The molecule has 0 unspecified atom stereocenters. The van der Waals surface area contributed by atoms with Crippen LogP contribution in [0, 0.1) is 0 Å². The van der Waals surface area contributed by atoms with Crippen molar-refractivity contribution in [3.05, 3.63) is 60.8 Å². The second-order valence-corrected chi connectivity index (χ2v) is 2.71. The van der Waals surface area contributed by atoms with Crippen LogP contribution in [0.1, 0.15) is 13.8 Å². The maximum atomic E-state index is 3.69. The Bertz CT molecular complexity index is 233. The van der Waals surface area contributed by atoms with Crippen molar-refractivity contribution in [2.24, 2.45) is 0 Å². The molecule has 0 heteroatoms. The van der Waals surface area contributed by atoms with E-state index in [4.69, 9.17) is 0 Å². The number of allylic oxidation sites excluding steroid dienone is 8. The molecule has 0 atom stereocenters. The molecule has 0 radical (unpaired) electrons. The summed E-state index contributed by atoms with van der Waals surface area (Å²) >= 11 is 0. The first-order valence-corrected chi connectivity index (χ1v) is 3.97. The van der Waals surface area contributed by atoms with Gasteiger partial charge in [-0.3, -0.25) is 0 Å². The highest BCUT2D eigenvalue weighted by atomic mass is 13.8. The minimum atomic E-state index is 1.07. The summed E-state index contributed by atoms with van der Waals surface area (Å²) in [5.74, 6) is 0. The summed E-state index contributed by atoms with van der Waals surface area (Å²) in [4.78, 5) is 0. The van der Waals surface area contributed by atoms with Gasteiger partial charge in [0.05, 0.1) is 0 Å². The molecule has 0 rings (SSSR count). The van der Waals surface area contributed by atoms with E-state index in [-0.39, 0.29) is 0 Å². The summed E-state index contributed by atoms with van der Waals surface area (Å²) in [7, 11) is 0. The largest absolute Gasteiger partial charge is 0.0990 e. The molecule has 0 amide bonds. The molecule has 0 aliphatic rings. The minimum Gasteiger partial charge on any atom is -0.0990 e. The third-order valence-corrected chi connectivity index (χ3v) is 1.26. The van der Waals surface area contributed by atoms with Gasteiger partial charge in [0.25, 0.3) is 0 Å². The maximum absolute atomic E-state index is 3.69. The first kappa shape index (κ1) is 10.7. The van der Waals surface area contributed by atoms with Gasteiger partial charge in [-0.25, -0.2) is 0 Å². The Labute approximate surface area is 75.3 Å². The zero-order valence-electron chi connectivity index (χ0n) is 7.88. The Balaban J connectivity index is 4.30. The van der Waals surface area contributed by atoms with Gasteiger partial charge >= 0.3 is 0 Å². The van der Waals surface area contributed by atoms with Gasteiger partial charge in [-0.2, -0.15) is 0 Å². The fourth-order valence-corrected chi connectivity index (χ4v) is 0.679. The number of hydrogen-bond acceptors (Lipinski definition) is 0. The van der Waals surface area contributed by atoms with Crippen molar-refractivity contribution in [1.29, 1.82) is 0 Å². The quantitative estimate of drug-likeness (QED) is 0.549. The Morgan fingerprint density at radius 2 is 1.75 bits per heavy atom. The Hall–Kier alpha value is -1.30. The van der Waals surface area contributed by atoms with Crippen molar-refractivity contribution in [3.8, 4) is 0 Å². The van der Waals surface area contributed by atoms with E-state index in [1.54, 1.807) is 12.2 Å². The third kappa shape index (κ3) is 5.48. The molecule has 0 spiro atoms. The summed E-state index contributed by atoms with van der Waals surface area (Å²) in [6.45, 7) is 11.4. The predicted molar refractivity (Wildman–Crippen MR) is 57.0 cm³/mol. The van der Waals surface area contributed by atoms with Crippen LogP contribution in [-0.2, 0) is 0 Å². The zero-order valence-corrected chi connectivity index (χ0v) is 7.88. The lowest BCUT2D eigenvalue weighted by Crippen LogP contribution is -1.67. The summed E-state index contributed by atoms with van der Waals surface area (Å²) in [5.41, 5.74) is 2.36. The van der Waals surface area contributed by atoms with Gasteiger partial charge in [0.1, 0.15) is 0 Å². The molecular formula is C12H16. The average Bonchev–Trinajstić information content (AvgIpc) is 2.02. The molecule has 0 fully saturated rings. The SMILES string of the molecule is C=C/C=C(C=C)/C=C\C=C(C)C. The summed E-state index contributed by atoms with van der Waals surface area (Å²) in [6, 6.07) is 0. The fraction of sp³-hybridized carbons (Fsp3) is 0.167. The van der Waals surface area contributed by atoms with Gasteiger partial charge in [0.2, 0.25) is 0 Å².